The Morgan fingerprint density at radius 3 is 1.15 bits per heavy atom. The van der Waals surface area contributed by atoms with E-state index in [0.29, 0.717) is 11.8 Å². The molecule has 0 saturated carbocycles. The van der Waals surface area contributed by atoms with Gasteiger partial charge in [-0.25, -0.2) is 0 Å². The van der Waals surface area contributed by atoms with Crippen molar-refractivity contribution in [2.24, 2.45) is 0 Å². The predicted molar refractivity (Wildman–Crippen MR) is 88.4 cm³/mol. The summed E-state index contributed by atoms with van der Waals surface area (Å²) in [7, 11) is 2.00. The van der Waals surface area contributed by atoms with Gasteiger partial charge >= 0.3 is 0 Å². The fourth-order valence-electron chi connectivity index (χ4n) is 2.00. The average Bonchev–Trinajstić information content (AvgIpc) is 2.50. The van der Waals surface area contributed by atoms with Gasteiger partial charge in [0.2, 0.25) is 0 Å². The van der Waals surface area contributed by atoms with Gasteiger partial charge in [-0.3, -0.25) is 0 Å². The van der Waals surface area contributed by atoms with E-state index in [0.717, 1.165) is 14.2 Å². The number of aliphatic hydroxyl groups excluding tert-OH is 2. The van der Waals surface area contributed by atoms with E-state index in [1.54, 1.807) is 0 Å². The van der Waals surface area contributed by atoms with Crippen LogP contribution in [0.3, 0.4) is 0 Å². The maximum Gasteiger partial charge on any atom is 0.0319 e. The monoisotopic (exact) mass is 276 g/mol. The molecule has 0 saturated heterocycles. The standard InChI is InChI=1S/C16H20.2CH4O/c1-11(2)13-5-7-16-10-14(12(3)4)6-8-15(16)9-13;2*1-2/h5-12H,1-4H3;2*2H,1H3. The maximum absolute atomic E-state index is 7.00. The molecular formula is C18H28O2. The number of aliphatic hydroxyl groups is 2. The second-order valence-corrected chi connectivity index (χ2v) is 5.18. The highest BCUT2D eigenvalue weighted by molar-refractivity contribution is 5.84. The van der Waals surface area contributed by atoms with Crippen LogP contribution in [-0.2, 0) is 0 Å². The van der Waals surface area contributed by atoms with Gasteiger partial charge in [0.15, 0.2) is 0 Å². The molecule has 0 aromatic heterocycles. The molecule has 0 spiro atoms. The quantitative estimate of drug-likeness (QED) is 0.858. The van der Waals surface area contributed by atoms with Crippen molar-refractivity contribution >= 4 is 10.8 Å². The number of rotatable bonds is 2. The fraction of sp³-hybridized carbons (Fsp3) is 0.444. The molecule has 0 radical (unpaired) electrons. The second-order valence-electron chi connectivity index (χ2n) is 5.18. The van der Waals surface area contributed by atoms with Crippen molar-refractivity contribution in [2.45, 2.75) is 39.5 Å². The first-order valence-corrected chi connectivity index (χ1v) is 7.01. The molecular weight excluding hydrogens is 248 g/mol. The first kappa shape index (κ1) is 18.6. The van der Waals surface area contributed by atoms with Crippen LogP contribution in [0.25, 0.3) is 10.8 Å². The van der Waals surface area contributed by atoms with Crippen molar-refractivity contribution in [1.82, 2.24) is 0 Å². The highest BCUT2D eigenvalue weighted by Crippen LogP contribution is 2.24. The van der Waals surface area contributed by atoms with Crippen LogP contribution in [-0.4, -0.2) is 24.4 Å². The van der Waals surface area contributed by atoms with Gasteiger partial charge in [-0.05, 0) is 33.7 Å². The third-order valence-electron chi connectivity index (χ3n) is 3.22. The van der Waals surface area contributed by atoms with E-state index >= 15 is 0 Å². The minimum Gasteiger partial charge on any atom is -0.400 e. The summed E-state index contributed by atoms with van der Waals surface area (Å²) >= 11 is 0. The summed E-state index contributed by atoms with van der Waals surface area (Å²) in [6, 6.07) is 13.6. The van der Waals surface area contributed by atoms with Crippen LogP contribution in [0.1, 0.15) is 50.7 Å². The third-order valence-corrected chi connectivity index (χ3v) is 3.22. The van der Waals surface area contributed by atoms with Crippen LogP contribution in [0.5, 0.6) is 0 Å². The van der Waals surface area contributed by atoms with Crippen LogP contribution in [0.15, 0.2) is 36.4 Å². The normalized spacial score (nSPS) is 9.90. The lowest BCUT2D eigenvalue weighted by atomic mass is 9.96. The smallest absolute Gasteiger partial charge is 0.0319 e. The topological polar surface area (TPSA) is 40.5 Å². The molecule has 20 heavy (non-hydrogen) atoms. The summed E-state index contributed by atoms with van der Waals surface area (Å²) in [5.41, 5.74) is 2.84. The molecule has 0 atom stereocenters. The van der Waals surface area contributed by atoms with Crippen molar-refractivity contribution in [3.05, 3.63) is 47.5 Å². The Morgan fingerprint density at radius 2 is 0.900 bits per heavy atom. The SMILES string of the molecule is CC(C)c1ccc2cc(C(C)C)ccc2c1.CO.CO. The van der Waals surface area contributed by atoms with Crippen LogP contribution >= 0.6 is 0 Å². The summed E-state index contributed by atoms with van der Waals surface area (Å²) in [6.07, 6.45) is 0. The minimum absolute atomic E-state index is 0.606. The molecule has 0 bridgehead atoms. The van der Waals surface area contributed by atoms with Crippen LogP contribution < -0.4 is 0 Å². The van der Waals surface area contributed by atoms with Crippen molar-refractivity contribution in [1.29, 1.82) is 0 Å². The second kappa shape index (κ2) is 9.51. The van der Waals surface area contributed by atoms with Crippen LogP contribution in [0.4, 0.5) is 0 Å². The third kappa shape index (κ3) is 4.95. The van der Waals surface area contributed by atoms with Crippen LogP contribution in [0, 0.1) is 0 Å². The summed E-state index contributed by atoms with van der Waals surface area (Å²) in [6.45, 7) is 8.96. The van der Waals surface area contributed by atoms with E-state index in [1.807, 2.05) is 0 Å². The lowest BCUT2D eigenvalue weighted by Crippen LogP contribution is -1.89. The molecule has 0 fully saturated rings. The van der Waals surface area contributed by atoms with Gasteiger partial charge < -0.3 is 10.2 Å². The van der Waals surface area contributed by atoms with E-state index in [2.05, 4.69) is 64.1 Å². The van der Waals surface area contributed by atoms with Crippen LogP contribution in [0.2, 0.25) is 0 Å². The number of benzene rings is 2. The molecule has 0 aliphatic heterocycles. The van der Waals surface area contributed by atoms with E-state index in [-0.39, 0.29) is 0 Å². The molecule has 2 rings (SSSR count). The Balaban J connectivity index is 0.000000829. The van der Waals surface area contributed by atoms with Crippen molar-refractivity contribution in [3.8, 4) is 0 Å². The number of hydrogen-bond donors (Lipinski definition) is 2. The van der Waals surface area contributed by atoms with Gasteiger partial charge in [0.25, 0.3) is 0 Å². The molecule has 2 aromatic rings. The Bertz CT molecular complexity index is 454. The van der Waals surface area contributed by atoms with E-state index in [9.17, 15) is 0 Å². The highest BCUT2D eigenvalue weighted by atomic mass is 16.2. The van der Waals surface area contributed by atoms with Crippen molar-refractivity contribution < 1.29 is 10.2 Å². The van der Waals surface area contributed by atoms with Crippen molar-refractivity contribution in [2.75, 3.05) is 14.2 Å². The van der Waals surface area contributed by atoms with Gasteiger partial charge in [0.05, 0.1) is 0 Å². The van der Waals surface area contributed by atoms with E-state index < -0.39 is 0 Å². The summed E-state index contributed by atoms with van der Waals surface area (Å²) in [4.78, 5) is 0. The molecule has 0 amide bonds. The molecule has 0 aliphatic rings. The number of fused-ring (bicyclic) bond motifs is 1. The summed E-state index contributed by atoms with van der Waals surface area (Å²) in [5.74, 6) is 1.21. The van der Waals surface area contributed by atoms with Crippen molar-refractivity contribution in [3.63, 3.8) is 0 Å². The number of hydrogen-bond acceptors (Lipinski definition) is 2. The Labute approximate surface area is 123 Å². The molecule has 2 N–H and O–H groups in total. The zero-order valence-corrected chi connectivity index (χ0v) is 13.5. The largest absolute Gasteiger partial charge is 0.400 e. The van der Waals surface area contributed by atoms with Gasteiger partial charge in [-0.1, -0.05) is 64.1 Å². The minimum atomic E-state index is 0.606. The molecule has 2 nitrogen and oxygen atoms in total. The molecule has 2 heteroatoms. The maximum atomic E-state index is 7.00. The molecule has 2 aromatic carbocycles. The van der Waals surface area contributed by atoms with E-state index in [1.165, 1.54) is 21.9 Å². The van der Waals surface area contributed by atoms with Gasteiger partial charge in [0, 0.05) is 14.2 Å². The predicted octanol–water partition coefficient (Wildman–Crippen LogP) is 4.30. The van der Waals surface area contributed by atoms with Gasteiger partial charge in [0.1, 0.15) is 0 Å². The summed E-state index contributed by atoms with van der Waals surface area (Å²) in [5, 5.41) is 16.7. The van der Waals surface area contributed by atoms with Gasteiger partial charge in [-0.2, -0.15) is 0 Å². The Hall–Kier alpha value is -1.38. The molecule has 0 aliphatic carbocycles. The molecule has 0 heterocycles. The van der Waals surface area contributed by atoms with Gasteiger partial charge in [-0.15, -0.1) is 0 Å². The fourth-order valence-corrected chi connectivity index (χ4v) is 2.00. The first-order valence-electron chi connectivity index (χ1n) is 7.01. The average molecular weight is 276 g/mol. The van der Waals surface area contributed by atoms with E-state index in [4.69, 9.17) is 10.2 Å². The highest BCUT2D eigenvalue weighted by Gasteiger charge is 2.03. The Kier molecular flexibility index (Phi) is 8.86. The lowest BCUT2D eigenvalue weighted by molar-refractivity contribution is 0.399. The molecule has 0 unspecified atom stereocenters. The first-order chi connectivity index (χ1) is 9.58. The zero-order valence-electron chi connectivity index (χ0n) is 13.5. The zero-order chi connectivity index (χ0) is 15.7. The lowest BCUT2D eigenvalue weighted by Gasteiger charge is -2.10. The Morgan fingerprint density at radius 1 is 0.600 bits per heavy atom. The summed E-state index contributed by atoms with van der Waals surface area (Å²) < 4.78 is 0. The molecule has 112 valence electrons.